The first kappa shape index (κ1) is 26.8. The zero-order valence-electron chi connectivity index (χ0n) is 16.6. The summed E-state index contributed by atoms with van der Waals surface area (Å²) in [7, 11) is 0. The summed E-state index contributed by atoms with van der Waals surface area (Å²) in [6, 6.07) is 20.5. The SMILES string of the molecule is C=CCC(C/C=C/[CH2-])(COCc1ccccc1)COCc1ccccc1.[Cl-].[Mg+2]. The smallest absolute Gasteiger partial charge is 1.00 e. The quantitative estimate of drug-likeness (QED) is 0.305. The first-order chi connectivity index (χ1) is 12.8. The molecule has 0 radical (unpaired) electrons. The van der Waals surface area contributed by atoms with Crippen LogP contribution in [0.1, 0.15) is 24.0 Å². The normalized spacial score (nSPS) is 10.9. The van der Waals surface area contributed by atoms with E-state index in [0.717, 1.165) is 12.8 Å². The Bertz CT molecular complexity index is 613. The van der Waals surface area contributed by atoms with E-state index in [1.54, 1.807) is 0 Å². The van der Waals surface area contributed by atoms with Gasteiger partial charge in [0, 0.05) is 5.41 Å². The Morgan fingerprint density at radius 3 is 1.68 bits per heavy atom. The largest absolute Gasteiger partial charge is 2.00 e. The van der Waals surface area contributed by atoms with E-state index < -0.39 is 0 Å². The van der Waals surface area contributed by atoms with Gasteiger partial charge in [0.25, 0.3) is 0 Å². The van der Waals surface area contributed by atoms with Gasteiger partial charge in [-0.3, -0.25) is 0 Å². The average molecular weight is 409 g/mol. The summed E-state index contributed by atoms with van der Waals surface area (Å²) >= 11 is 0. The number of ether oxygens (including phenoxy) is 2. The predicted octanol–water partition coefficient (Wildman–Crippen LogP) is 2.39. The minimum atomic E-state index is -0.125. The van der Waals surface area contributed by atoms with E-state index in [2.05, 4.69) is 43.8 Å². The molecule has 0 atom stereocenters. The Morgan fingerprint density at radius 2 is 1.29 bits per heavy atom. The molecule has 2 nitrogen and oxygen atoms in total. The molecule has 0 aliphatic rings. The molecule has 0 amide bonds. The number of hydrogen-bond donors (Lipinski definition) is 0. The standard InChI is InChI=1S/C24H29O2.ClH.Mg/c1-3-5-17-24(16-4-2,20-25-18-22-12-8-6-9-13-22)21-26-19-23-14-10-7-11-15-23;;/h3-15H,1-2,16-21H2;1H;/q-1;;+2/p-1/b5-3+;;. The summed E-state index contributed by atoms with van der Waals surface area (Å²) in [6.45, 7) is 10.2. The molecule has 0 fully saturated rings. The Kier molecular flexibility index (Phi) is 15.0. The van der Waals surface area contributed by atoms with Crippen molar-refractivity contribution in [1.82, 2.24) is 0 Å². The summed E-state index contributed by atoms with van der Waals surface area (Å²) in [5, 5.41) is 0. The molecule has 4 heteroatoms. The zero-order chi connectivity index (χ0) is 18.5. The molecule has 2 aromatic carbocycles. The Labute approximate surface area is 192 Å². The van der Waals surface area contributed by atoms with Crippen molar-refractivity contribution in [2.24, 2.45) is 5.41 Å². The average Bonchev–Trinajstić information content (AvgIpc) is 2.68. The fourth-order valence-electron chi connectivity index (χ4n) is 2.92. The topological polar surface area (TPSA) is 18.5 Å². The zero-order valence-corrected chi connectivity index (χ0v) is 18.7. The maximum Gasteiger partial charge on any atom is 2.00 e. The van der Waals surface area contributed by atoms with Gasteiger partial charge < -0.3 is 21.9 Å². The van der Waals surface area contributed by atoms with Gasteiger partial charge in [-0.25, -0.2) is 19.1 Å². The maximum absolute atomic E-state index is 6.06. The van der Waals surface area contributed by atoms with Crippen molar-refractivity contribution in [3.05, 3.63) is 104 Å². The molecule has 28 heavy (non-hydrogen) atoms. The van der Waals surface area contributed by atoms with Crippen LogP contribution in [0, 0.1) is 12.3 Å². The molecule has 0 saturated carbocycles. The molecule has 0 spiro atoms. The van der Waals surface area contributed by atoms with Crippen LogP contribution < -0.4 is 12.4 Å². The maximum atomic E-state index is 6.06. The molecule has 2 aromatic rings. The monoisotopic (exact) mass is 408 g/mol. The third-order valence-corrected chi connectivity index (χ3v) is 4.33. The fourth-order valence-corrected chi connectivity index (χ4v) is 2.92. The van der Waals surface area contributed by atoms with E-state index in [9.17, 15) is 0 Å². The molecule has 0 N–H and O–H groups in total. The van der Waals surface area contributed by atoms with E-state index in [-0.39, 0.29) is 40.9 Å². The van der Waals surface area contributed by atoms with Crippen molar-refractivity contribution in [3.8, 4) is 0 Å². The number of benzene rings is 2. The Balaban J connectivity index is 0.00000364. The van der Waals surface area contributed by atoms with Crippen LogP contribution >= 0.6 is 0 Å². The van der Waals surface area contributed by atoms with Gasteiger partial charge in [-0.1, -0.05) is 73.2 Å². The van der Waals surface area contributed by atoms with E-state index in [0.29, 0.717) is 26.4 Å². The fraction of sp³-hybridized carbons (Fsp3) is 0.292. The van der Waals surface area contributed by atoms with Gasteiger partial charge in [0.2, 0.25) is 0 Å². The van der Waals surface area contributed by atoms with Gasteiger partial charge in [0.15, 0.2) is 0 Å². The van der Waals surface area contributed by atoms with Gasteiger partial charge in [0.05, 0.1) is 26.4 Å². The molecule has 0 unspecified atom stereocenters. The summed E-state index contributed by atoms with van der Waals surface area (Å²) in [5.41, 5.74) is 2.23. The van der Waals surface area contributed by atoms with E-state index >= 15 is 0 Å². The van der Waals surface area contributed by atoms with Gasteiger partial charge in [-0.15, -0.1) is 6.58 Å². The molecule has 0 aromatic heterocycles. The van der Waals surface area contributed by atoms with Crippen LogP contribution in [0.15, 0.2) is 85.5 Å². The van der Waals surface area contributed by atoms with Crippen molar-refractivity contribution >= 4 is 23.1 Å². The van der Waals surface area contributed by atoms with Crippen LogP contribution in [-0.4, -0.2) is 36.3 Å². The van der Waals surface area contributed by atoms with E-state index in [4.69, 9.17) is 9.47 Å². The Hall–Kier alpha value is -1.23. The second kappa shape index (κ2) is 15.7. The molecule has 146 valence electrons. The second-order valence-electron chi connectivity index (χ2n) is 6.63. The first-order valence-corrected chi connectivity index (χ1v) is 9.06. The number of halogens is 1. The van der Waals surface area contributed by atoms with Crippen LogP contribution in [0.25, 0.3) is 0 Å². The second-order valence-corrected chi connectivity index (χ2v) is 6.63. The molecule has 0 heterocycles. The number of hydrogen-bond acceptors (Lipinski definition) is 2. The van der Waals surface area contributed by atoms with Crippen molar-refractivity contribution in [2.75, 3.05) is 13.2 Å². The van der Waals surface area contributed by atoms with Gasteiger partial charge >= 0.3 is 23.1 Å². The van der Waals surface area contributed by atoms with Gasteiger partial charge in [-0.05, 0) is 17.5 Å². The van der Waals surface area contributed by atoms with Crippen LogP contribution in [0.3, 0.4) is 0 Å². The van der Waals surface area contributed by atoms with Gasteiger partial charge in [-0.2, -0.15) is 0 Å². The van der Waals surface area contributed by atoms with Crippen molar-refractivity contribution in [2.45, 2.75) is 26.1 Å². The number of allylic oxidation sites excluding steroid dienone is 3. The number of rotatable bonds is 12. The van der Waals surface area contributed by atoms with Crippen molar-refractivity contribution < 1.29 is 21.9 Å². The molecular formula is C24H29ClMgO2. The summed E-state index contributed by atoms with van der Waals surface area (Å²) < 4.78 is 12.1. The molecule has 0 saturated heterocycles. The van der Waals surface area contributed by atoms with E-state index in [1.165, 1.54) is 11.1 Å². The molecule has 2 rings (SSSR count). The third-order valence-electron chi connectivity index (χ3n) is 4.33. The third kappa shape index (κ3) is 9.81. The first-order valence-electron chi connectivity index (χ1n) is 9.06. The minimum absolute atomic E-state index is 0. The summed E-state index contributed by atoms with van der Waals surface area (Å²) in [5.74, 6) is 0. The summed E-state index contributed by atoms with van der Waals surface area (Å²) in [6.07, 6.45) is 7.56. The van der Waals surface area contributed by atoms with Gasteiger partial charge in [0.1, 0.15) is 0 Å². The van der Waals surface area contributed by atoms with Crippen molar-refractivity contribution in [3.63, 3.8) is 0 Å². The van der Waals surface area contributed by atoms with E-state index in [1.807, 2.05) is 48.6 Å². The predicted molar refractivity (Wildman–Crippen MR) is 114 cm³/mol. The van der Waals surface area contributed by atoms with Crippen LogP contribution in [0.2, 0.25) is 0 Å². The Morgan fingerprint density at radius 1 is 0.821 bits per heavy atom. The van der Waals surface area contributed by atoms with Crippen LogP contribution in [-0.2, 0) is 22.7 Å². The van der Waals surface area contributed by atoms with Crippen LogP contribution in [0.4, 0.5) is 0 Å². The molecule has 0 aliphatic carbocycles. The molecular weight excluding hydrogens is 380 g/mol. The summed E-state index contributed by atoms with van der Waals surface area (Å²) in [4.78, 5) is 0. The molecule has 0 bridgehead atoms. The van der Waals surface area contributed by atoms with Crippen molar-refractivity contribution in [1.29, 1.82) is 0 Å². The van der Waals surface area contributed by atoms with Crippen LogP contribution in [0.5, 0.6) is 0 Å². The minimum Gasteiger partial charge on any atom is -1.00 e. The molecule has 0 aliphatic heterocycles.